The number of amides is 1. The average Bonchev–Trinajstić information content (AvgIpc) is 2.97. The molecule has 12 heteroatoms. The number of nitrogens with zero attached hydrogens (tertiary/aromatic N) is 4. The minimum absolute atomic E-state index is 0.177. The molecule has 11 nitrogen and oxygen atoms in total. The van der Waals surface area contributed by atoms with Crippen LogP contribution in [0.25, 0.3) is 10.9 Å². The number of ether oxygens (including phenoxy) is 3. The molecule has 0 unspecified atom stereocenters. The maximum atomic E-state index is 12.7. The first-order valence-electron chi connectivity index (χ1n) is 10.2. The van der Waals surface area contributed by atoms with E-state index in [1.54, 1.807) is 41.1 Å². The Bertz CT molecular complexity index is 1090. The molecule has 1 aliphatic rings. The van der Waals surface area contributed by atoms with Crippen molar-refractivity contribution < 1.29 is 27.4 Å². The van der Waals surface area contributed by atoms with Crippen LogP contribution in [0.2, 0.25) is 0 Å². The highest BCUT2D eigenvalue weighted by Crippen LogP contribution is 2.35. The molecule has 1 aromatic carbocycles. The summed E-state index contributed by atoms with van der Waals surface area (Å²) in [6, 6.07) is 3.59. The number of carbonyl (C=O) groups excluding carboxylic acids is 1. The fraction of sp³-hybridized carbons (Fsp3) is 0.550. The summed E-state index contributed by atoms with van der Waals surface area (Å²) in [6.07, 6.45) is 1.02. The van der Waals surface area contributed by atoms with E-state index < -0.39 is 21.9 Å². The topological polar surface area (TPSA) is 123 Å². The van der Waals surface area contributed by atoms with Crippen LogP contribution in [0.1, 0.15) is 27.2 Å². The van der Waals surface area contributed by atoms with Crippen molar-refractivity contribution in [3.63, 3.8) is 0 Å². The molecule has 0 atom stereocenters. The summed E-state index contributed by atoms with van der Waals surface area (Å²) in [4.78, 5) is 22.7. The Morgan fingerprint density at radius 3 is 2.38 bits per heavy atom. The van der Waals surface area contributed by atoms with Gasteiger partial charge in [-0.3, -0.25) is 0 Å². The van der Waals surface area contributed by atoms with Gasteiger partial charge in [-0.05, 0) is 33.3 Å². The zero-order valence-corrected chi connectivity index (χ0v) is 19.7. The molecule has 32 heavy (non-hydrogen) atoms. The van der Waals surface area contributed by atoms with Gasteiger partial charge in [-0.2, -0.15) is 12.7 Å². The second kappa shape index (κ2) is 9.33. The molecule has 1 amide bonds. The third kappa shape index (κ3) is 5.49. The molecule has 0 radical (unpaired) electrons. The van der Waals surface area contributed by atoms with Crippen molar-refractivity contribution in [2.75, 3.05) is 45.3 Å². The second-order valence-corrected chi connectivity index (χ2v) is 9.94. The van der Waals surface area contributed by atoms with Crippen molar-refractivity contribution in [1.82, 2.24) is 19.0 Å². The van der Waals surface area contributed by atoms with Crippen molar-refractivity contribution in [3.05, 3.63) is 18.5 Å². The summed E-state index contributed by atoms with van der Waals surface area (Å²) in [5.74, 6) is 1.79. The first-order valence-corrected chi connectivity index (χ1v) is 11.6. The quantitative estimate of drug-likeness (QED) is 0.702. The van der Waals surface area contributed by atoms with Gasteiger partial charge in [-0.1, -0.05) is 0 Å². The lowest BCUT2D eigenvalue weighted by molar-refractivity contribution is 0.0567. The van der Waals surface area contributed by atoms with Crippen molar-refractivity contribution in [2.45, 2.75) is 32.8 Å². The number of aromatic nitrogens is 2. The molecule has 1 N–H and O–H groups in total. The number of hydrogen-bond donors (Lipinski definition) is 1. The number of anilines is 1. The van der Waals surface area contributed by atoms with Gasteiger partial charge in [0.25, 0.3) is 0 Å². The Kier molecular flexibility index (Phi) is 6.94. The largest absolute Gasteiger partial charge is 0.493 e. The molecule has 0 aliphatic carbocycles. The maximum absolute atomic E-state index is 12.7. The van der Waals surface area contributed by atoms with Crippen molar-refractivity contribution in [3.8, 4) is 11.5 Å². The van der Waals surface area contributed by atoms with Crippen LogP contribution in [-0.4, -0.2) is 74.8 Å². The van der Waals surface area contributed by atoms with Gasteiger partial charge in [0.1, 0.15) is 17.7 Å². The lowest BCUT2D eigenvalue weighted by Crippen LogP contribution is -2.46. The first-order chi connectivity index (χ1) is 15.0. The fourth-order valence-electron chi connectivity index (χ4n) is 3.44. The number of carbonyl (C=O) groups is 1. The molecule has 1 aliphatic heterocycles. The van der Waals surface area contributed by atoms with E-state index in [4.69, 9.17) is 14.2 Å². The Morgan fingerprint density at radius 1 is 1.03 bits per heavy atom. The van der Waals surface area contributed by atoms with Crippen LogP contribution < -0.4 is 19.1 Å². The summed E-state index contributed by atoms with van der Waals surface area (Å²) >= 11 is 0. The standard InChI is InChI=1S/C20H29N5O6S/c1-20(2,3)31-19(26)23-32(27,28)25-8-6-7-24(9-10-25)18-14-11-16(29-4)17(30-5)12-15(14)21-13-22-18/h11-13H,6-10H2,1-5H3,(H,23,26). The van der Waals surface area contributed by atoms with Crippen LogP contribution in [0.3, 0.4) is 0 Å². The number of rotatable bonds is 5. The number of methoxy groups -OCH3 is 2. The Morgan fingerprint density at radius 2 is 1.72 bits per heavy atom. The van der Waals surface area contributed by atoms with Crippen LogP contribution in [0.5, 0.6) is 11.5 Å². The minimum atomic E-state index is -4.03. The van der Waals surface area contributed by atoms with Crippen LogP contribution >= 0.6 is 0 Å². The zero-order chi connectivity index (χ0) is 23.5. The van der Waals surface area contributed by atoms with Crippen LogP contribution in [0.4, 0.5) is 10.6 Å². The van der Waals surface area contributed by atoms with E-state index in [-0.39, 0.29) is 13.1 Å². The number of nitrogens with one attached hydrogen (secondary N) is 1. The van der Waals surface area contributed by atoms with Gasteiger partial charge in [0, 0.05) is 37.6 Å². The second-order valence-electron chi connectivity index (χ2n) is 8.27. The van der Waals surface area contributed by atoms with E-state index in [0.717, 1.165) is 5.39 Å². The summed E-state index contributed by atoms with van der Waals surface area (Å²) in [6.45, 7) is 6.40. The number of fused-ring (bicyclic) bond motifs is 1. The highest BCUT2D eigenvalue weighted by Gasteiger charge is 2.29. The predicted octanol–water partition coefficient (Wildman–Crippen LogP) is 1.93. The van der Waals surface area contributed by atoms with Gasteiger partial charge in [-0.25, -0.2) is 19.5 Å². The van der Waals surface area contributed by atoms with Gasteiger partial charge in [0.2, 0.25) is 0 Å². The maximum Gasteiger partial charge on any atom is 0.422 e. The van der Waals surface area contributed by atoms with Gasteiger partial charge in [0.05, 0.1) is 19.7 Å². The molecule has 1 aromatic heterocycles. The highest BCUT2D eigenvalue weighted by atomic mass is 32.2. The molecular formula is C20H29N5O6S. The Balaban J connectivity index is 1.79. The average molecular weight is 468 g/mol. The summed E-state index contributed by atoms with van der Waals surface area (Å²) < 4.78 is 44.4. The molecule has 0 spiro atoms. The van der Waals surface area contributed by atoms with Gasteiger partial charge in [-0.15, -0.1) is 0 Å². The fourth-order valence-corrected chi connectivity index (χ4v) is 4.51. The third-order valence-electron chi connectivity index (χ3n) is 4.83. The molecule has 1 saturated heterocycles. The van der Waals surface area contributed by atoms with E-state index in [1.165, 1.54) is 10.6 Å². The summed E-state index contributed by atoms with van der Waals surface area (Å²) in [5, 5.41) is 0.772. The molecule has 176 valence electrons. The molecule has 3 rings (SSSR count). The predicted molar refractivity (Wildman–Crippen MR) is 119 cm³/mol. The lowest BCUT2D eigenvalue weighted by Gasteiger charge is -2.24. The Labute approximate surface area is 187 Å². The highest BCUT2D eigenvalue weighted by molar-refractivity contribution is 7.87. The van der Waals surface area contributed by atoms with Crippen LogP contribution in [0, 0.1) is 0 Å². The SMILES string of the molecule is COc1cc2ncnc(N3CCCN(S(=O)(=O)NC(=O)OC(C)(C)C)CC3)c2cc1OC. The minimum Gasteiger partial charge on any atom is -0.493 e. The third-order valence-corrected chi connectivity index (χ3v) is 6.29. The van der Waals surface area contributed by atoms with Gasteiger partial charge < -0.3 is 19.1 Å². The summed E-state index contributed by atoms with van der Waals surface area (Å²) in [7, 11) is -0.922. The van der Waals surface area contributed by atoms with Gasteiger partial charge >= 0.3 is 16.3 Å². The molecule has 0 bridgehead atoms. The van der Waals surface area contributed by atoms with E-state index in [0.29, 0.717) is 42.3 Å². The smallest absolute Gasteiger partial charge is 0.422 e. The van der Waals surface area contributed by atoms with Gasteiger partial charge in [0.15, 0.2) is 11.5 Å². The van der Waals surface area contributed by atoms with E-state index in [9.17, 15) is 13.2 Å². The first kappa shape index (κ1) is 23.8. The molecule has 0 saturated carbocycles. The molecular weight excluding hydrogens is 438 g/mol. The van der Waals surface area contributed by atoms with E-state index in [1.807, 2.05) is 15.7 Å². The van der Waals surface area contributed by atoms with Crippen molar-refractivity contribution in [2.24, 2.45) is 0 Å². The Hall–Kier alpha value is -2.86. The van der Waals surface area contributed by atoms with Crippen LogP contribution in [0.15, 0.2) is 18.5 Å². The van der Waals surface area contributed by atoms with E-state index in [2.05, 4.69) is 9.97 Å². The summed E-state index contributed by atoms with van der Waals surface area (Å²) in [5.41, 5.74) is -0.111. The lowest BCUT2D eigenvalue weighted by atomic mass is 10.2. The normalized spacial score (nSPS) is 15.8. The monoisotopic (exact) mass is 467 g/mol. The number of hydrogen-bond acceptors (Lipinski definition) is 9. The van der Waals surface area contributed by atoms with Crippen molar-refractivity contribution in [1.29, 1.82) is 0 Å². The molecule has 2 heterocycles. The molecule has 1 fully saturated rings. The van der Waals surface area contributed by atoms with Crippen molar-refractivity contribution >= 4 is 33.0 Å². The number of benzene rings is 1. The van der Waals surface area contributed by atoms with Crippen LogP contribution in [-0.2, 0) is 14.9 Å². The van der Waals surface area contributed by atoms with E-state index >= 15 is 0 Å². The molecule has 2 aromatic rings. The zero-order valence-electron chi connectivity index (χ0n) is 18.9.